The van der Waals surface area contributed by atoms with E-state index in [1.807, 2.05) is 0 Å². The van der Waals surface area contributed by atoms with Crippen LogP contribution in [-0.2, 0) is 0 Å². The first-order valence-corrected chi connectivity index (χ1v) is 7.37. The topological polar surface area (TPSA) is 29.0 Å². The molecule has 5 heteroatoms. The first-order chi connectivity index (χ1) is 8.25. The quantitative estimate of drug-likeness (QED) is 0.740. The molecule has 3 nitrogen and oxygen atoms in total. The van der Waals surface area contributed by atoms with Gasteiger partial charge in [0, 0.05) is 18.8 Å². The van der Waals surface area contributed by atoms with Gasteiger partial charge in [-0.3, -0.25) is 0 Å². The highest BCUT2D eigenvalue weighted by molar-refractivity contribution is 9.10. The zero-order valence-electron chi connectivity index (χ0n) is 9.57. The van der Waals surface area contributed by atoms with Crippen LogP contribution in [0.15, 0.2) is 10.7 Å². The predicted molar refractivity (Wildman–Crippen MR) is 72.5 cm³/mol. The van der Waals surface area contributed by atoms with Crippen molar-refractivity contribution in [3.8, 4) is 0 Å². The number of fused-ring (bicyclic) bond motifs is 1. The van der Waals surface area contributed by atoms with Gasteiger partial charge in [-0.2, -0.15) is 4.98 Å². The summed E-state index contributed by atoms with van der Waals surface area (Å²) < 4.78 is 0.953. The molecular formula is C12H15BrClN3. The van der Waals surface area contributed by atoms with Gasteiger partial charge in [0.25, 0.3) is 0 Å². The minimum Gasteiger partial charge on any atom is -0.352 e. The van der Waals surface area contributed by atoms with Crippen molar-refractivity contribution in [2.24, 2.45) is 5.92 Å². The van der Waals surface area contributed by atoms with E-state index in [-0.39, 0.29) is 0 Å². The van der Waals surface area contributed by atoms with E-state index in [1.54, 1.807) is 6.20 Å². The van der Waals surface area contributed by atoms with Gasteiger partial charge in [-0.25, -0.2) is 4.98 Å². The molecule has 0 amide bonds. The molecular weight excluding hydrogens is 302 g/mol. The molecule has 1 aliphatic carbocycles. The van der Waals surface area contributed by atoms with Gasteiger partial charge in [0.15, 0.2) is 0 Å². The van der Waals surface area contributed by atoms with Gasteiger partial charge >= 0.3 is 0 Å². The highest BCUT2D eigenvalue weighted by Gasteiger charge is 2.36. The van der Waals surface area contributed by atoms with Crippen molar-refractivity contribution >= 4 is 33.3 Å². The lowest BCUT2D eigenvalue weighted by molar-refractivity contribution is 0.360. The van der Waals surface area contributed by atoms with Crippen molar-refractivity contribution in [2.75, 3.05) is 11.4 Å². The average molecular weight is 317 g/mol. The van der Waals surface area contributed by atoms with Crippen LogP contribution in [0.2, 0.25) is 5.28 Å². The van der Waals surface area contributed by atoms with Gasteiger partial charge in [-0.1, -0.05) is 6.42 Å². The minimum atomic E-state index is 0.336. The van der Waals surface area contributed by atoms with Crippen LogP contribution >= 0.6 is 27.5 Å². The largest absolute Gasteiger partial charge is 0.352 e. The third-order valence-electron chi connectivity index (χ3n) is 3.96. The first-order valence-electron chi connectivity index (χ1n) is 6.20. The van der Waals surface area contributed by atoms with Crippen molar-refractivity contribution in [3.63, 3.8) is 0 Å². The maximum atomic E-state index is 5.91. The highest BCUT2D eigenvalue weighted by atomic mass is 79.9. The Balaban J connectivity index is 1.94. The van der Waals surface area contributed by atoms with Crippen LogP contribution in [0.4, 0.5) is 5.82 Å². The molecule has 0 radical (unpaired) electrons. The zero-order chi connectivity index (χ0) is 11.8. The number of nitrogens with zero attached hydrogens (tertiary/aromatic N) is 3. The van der Waals surface area contributed by atoms with Crippen molar-refractivity contribution in [2.45, 2.75) is 38.1 Å². The van der Waals surface area contributed by atoms with Gasteiger partial charge in [0.2, 0.25) is 5.28 Å². The summed E-state index contributed by atoms with van der Waals surface area (Å²) in [4.78, 5) is 10.8. The molecule has 3 rings (SSSR count). The Morgan fingerprint density at radius 1 is 1.29 bits per heavy atom. The lowest BCUT2D eigenvalue weighted by Gasteiger charge is -2.39. The summed E-state index contributed by atoms with van der Waals surface area (Å²) in [5, 5.41) is 0.336. The van der Waals surface area contributed by atoms with Crippen LogP contribution in [0.1, 0.15) is 32.1 Å². The smallest absolute Gasteiger partial charge is 0.224 e. The molecule has 1 aromatic rings. The van der Waals surface area contributed by atoms with E-state index in [9.17, 15) is 0 Å². The zero-order valence-corrected chi connectivity index (χ0v) is 11.9. The maximum Gasteiger partial charge on any atom is 0.224 e. The van der Waals surface area contributed by atoms with E-state index in [4.69, 9.17) is 11.6 Å². The number of hydrogen-bond acceptors (Lipinski definition) is 3. The van der Waals surface area contributed by atoms with Gasteiger partial charge in [-0.15, -0.1) is 0 Å². The second kappa shape index (κ2) is 4.73. The molecule has 1 saturated heterocycles. The summed E-state index contributed by atoms with van der Waals surface area (Å²) in [6.45, 7) is 1.09. The summed E-state index contributed by atoms with van der Waals surface area (Å²) in [7, 11) is 0. The fourth-order valence-electron chi connectivity index (χ4n) is 3.26. The standard InChI is InChI=1S/C12H15BrClN3/c13-9-7-15-12(14)16-11(9)17-6-2-4-8-3-1-5-10(8)17/h7-8,10H,1-6H2. The molecule has 2 heterocycles. The molecule has 0 N–H and O–H groups in total. The normalized spacial score (nSPS) is 28.2. The molecule has 2 fully saturated rings. The fraction of sp³-hybridized carbons (Fsp3) is 0.667. The highest BCUT2D eigenvalue weighted by Crippen LogP contribution is 2.40. The number of anilines is 1. The fourth-order valence-corrected chi connectivity index (χ4v) is 3.80. The number of halogens is 2. The Kier molecular flexibility index (Phi) is 3.26. The molecule has 1 aromatic heterocycles. The Morgan fingerprint density at radius 3 is 3.00 bits per heavy atom. The number of rotatable bonds is 1. The van der Waals surface area contributed by atoms with Crippen molar-refractivity contribution < 1.29 is 0 Å². The van der Waals surface area contributed by atoms with Gasteiger partial charge in [-0.05, 0) is 59.1 Å². The van der Waals surface area contributed by atoms with Crippen LogP contribution in [-0.4, -0.2) is 22.6 Å². The predicted octanol–water partition coefficient (Wildman–Crippen LogP) is 3.66. The molecule has 0 spiro atoms. The minimum absolute atomic E-state index is 0.336. The number of aromatic nitrogens is 2. The van der Waals surface area contributed by atoms with Crippen molar-refractivity contribution in [3.05, 3.63) is 16.0 Å². The Hall–Kier alpha value is -0.350. The summed E-state index contributed by atoms with van der Waals surface area (Å²) in [6, 6.07) is 0.658. The molecule has 1 saturated carbocycles. The summed E-state index contributed by atoms with van der Waals surface area (Å²) in [6.07, 6.45) is 8.40. The molecule has 92 valence electrons. The maximum absolute atomic E-state index is 5.91. The van der Waals surface area contributed by atoms with Crippen LogP contribution in [0, 0.1) is 5.92 Å². The molecule has 1 aliphatic heterocycles. The molecule has 2 atom stereocenters. The average Bonchev–Trinajstić information content (AvgIpc) is 2.80. The van der Waals surface area contributed by atoms with E-state index in [2.05, 4.69) is 30.8 Å². The Labute approximate surface area is 115 Å². The molecule has 17 heavy (non-hydrogen) atoms. The Morgan fingerprint density at radius 2 is 2.12 bits per heavy atom. The third-order valence-corrected chi connectivity index (χ3v) is 4.70. The van der Waals surface area contributed by atoms with E-state index < -0.39 is 0 Å². The summed E-state index contributed by atoms with van der Waals surface area (Å²) in [5.41, 5.74) is 0. The monoisotopic (exact) mass is 315 g/mol. The summed E-state index contributed by atoms with van der Waals surface area (Å²) >= 11 is 9.45. The second-order valence-electron chi connectivity index (χ2n) is 4.90. The van der Waals surface area contributed by atoms with Gasteiger partial charge < -0.3 is 4.90 Å². The van der Waals surface area contributed by atoms with E-state index in [1.165, 1.54) is 32.1 Å². The molecule has 2 aliphatic rings. The van der Waals surface area contributed by atoms with Gasteiger partial charge in [0.1, 0.15) is 5.82 Å². The molecule has 0 aromatic carbocycles. The van der Waals surface area contributed by atoms with Crippen LogP contribution in [0.3, 0.4) is 0 Å². The first kappa shape index (κ1) is 11.7. The van der Waals surface area contributed by atoms with Crippen LogP contribution in [0.5, 0.6) is 0 Å². The van der Waals surface area contributed by atoms with Crippen LogP contribution in [0.25, 0.3) is 0 Å². The molecule has 0 bridgehead atoms. The third kappa shape index (κ3) is 2.17. The number of piperidine rings is 1. The van der Waals surface area contributed by atoms with Gasteiger partial charge in [0.05, 0.1) is 4.47 Å². The van der Waals surface area contributed by atoms with Crippen LogP contribution < -0.4 is 4.90 Å². The second-order valence-corrected chi connectivity index (χ2v) is 6.10. The Bertz CT molecular complexity index is 426. The van der Waals surface area contributed by atoms with E-state index in [0.717, 1.165) is 22.8 Å². The van der Waals surface area contributed by atoms with Crippen molar-refractivity contribution in [1.82, 2.24) is 9.97 Å². The SMILES string of the molecule is Clc1ncc(Br)c(N2CCCC3CCCC32)n1. The number of hydrogen-bond donors (Lipinski definition) is 0. The lowest BCUT2D eigenvalue weighted by Crippen LogP contribution is -2.43. The lowest BCUT2D eigenvalue weighted by atomic mass is 9.92. The molecule has 2 unspecified atom stereocenters. The van der Waals surface area contributed by atoms with E-state index >= 15 is 0 Å². The van der Waals surface area contributed by atoms with Crippen molar-refractivity contribution in [1.29, 1.82) is 0 Å². The summed E-state index contributed by atoms with van der Waals surface area (Å²) in [5.74, 6) is 1.82. The van der Waals surface area contributed by atoms with E-state index in [0.29, 0.717) is 11.3 Å².